The third-order valence-corrected chi connectivity index (χ3v) is 3.47. The average Bonchev–Trinajstić information content (AvgIpc) is 2.77. The SMILES string of the molecule is Cn1c(C(=O)O)c(C2CCCC2)cc(N)c1=O. The Morgan fingerprint density at radius 3 is 2.59 bits per heavy atom. The number of hydrogen-bond donors (Lipinski definition) is 2. The molecule has 17 heavy (non-hydrogen) atoms. The molecule has 0 saturated heterocycles. The smallest absolute Gasteiger partial charge is 0.352 e. The molecule has 1 aromatic rings. The van der Waals surface area contributed by atoms with E-state index in [2.05, 4.69) is 0 Å². The van der Waals surface area contributed by atoms with Crippen molar-refractivity contribution in [2.75, 3.05) is 5.73 Å². The number of nitrogens with zero attached hydrogens (tertiary/aromatic N) is 1. The molecule has 0 aliphatic heterocycles. The summed E-state index contributed by atoms with van der Waals surface area (Å²) >= 11 is 0. The van der Waals surface area contributed by atoms with Crippen LogP contribution in [-0.4, -0.2) is 15.6 Å². The fourth-order valence-electron chi connectivity index (χ4n) is 2.60. The summed E-state index contributed by atoms with van der Waals surface area (Å²) in [5.41, 5.74) is 6.10. The van der Waals surface area contributed by atoms with Gasteiger partial charge in [0.1, 0.15) is 5.69 Å². The topological polar surface area (TPSA) is 85.3 Å². The molecule has 0 radical (unpaired) electrons. The van der Waals surface area contributed by atoms with Gasteiger partial charge < -0.3 is 15.4 Å². The minimum absolute atomic E-state index is 0.0797. The minimum Gasteiger partial charge on any atom is -0.477 e. The van der Waals surface area contributed by atoms with Crippen molar-refractivity contribution in [2.45, 2.75) is 31.6 Å². The van der Waals surface area contributed by atoms with Crippen LogP contribution in [0.3, 0.4) is 0 Å². The van der Waals surface area contributed by atoms with E-state index >= 15 is 0 Å². The summed E-state index contributed by atoms with van der Waals surface area (Å²) < 4.78 is 1.14. The number of anilines is 1. The Morgan fingerprint density at radius 1 is 1.47 bits per heavy atom. The Morgan fingerprint density at radius 2 is 2.06 bits per heavy atom. The van der Waals surface area contributed by atoms with Crippen LogP contribution < -0.4 is 11.3 Å². The Bertz CT molecular complexity index is 513. The lowest BCUT2D eigenvalue weighted by molar-refractivity contribution is 0.0683. The van der Waals surface area contributed by atoms with Crippen molar-refractivity contribution in [2.24, 2.45) is 7.05 Å². The molecule has 0 unspecified atom stereocenters. The van der Waals surface area contributed by atoms with Crippen molar-refractivity contribution in [3.05, 3.63) is 27.7 Å². The molecule has 5 heteroatoms. The van der Waals surface area contributed by atoms with Gasteiger partial charge in [-0.1, -0.05) is 12.8 Å². The van der Waals surface area contributed by atoms with E-state index in [1.165, 1.54) is 7.05 Å². The van der Waals surface area contributed by atoms with Crippen LogP contribution in [0.5, 0.6) is 0 Å². The highest BCUT2D eigenvalue weighted by atomic mass is 16.4. The number of pyridine rings is 1. The van der Waals surface area contributed by atoms with Crippen LogP contribution >= 0.6 is 0 Å². The van der Waals surface area contributed by atoms with E-state index < -0.39 is 11.5 Å². The molecule has 0 atom stereocenters. The first-order chi connectivity index (χ1) is 8.02. The fraction of sp³-hybridized carbons (Fsp3) is 0.500. The number of aromatic carboxylic acids is 1. The number of rotatable bonds is 2. The molecule has 1 saturated carbocycles. The Kier molecular flexibility index (Phi) is 2.92. The van der Waals surface area contributed by atoms with Gasteiger partial charge in [0.25, 0.3) is 5.56 Å². The van der Waals surface area contributed by atoms with Gasteiger partial charge in [0.15, 0.2) is 0 Å². The zero-order valence-corrected chi connectivity index (χ0v) is 9.77. The van der Waals surface area contributed by atoms with Crippen molar-refractivity contribution in [3.63, 3.8) is 0 Å². The number of carboxylic acids is 1. The van der Waals surface area contributed by atoms with Crippen LogP contribution in [0.2, 0.25) is 0 Å². The third kappa shape index (κ3) is 1.92. The normalized spacial score (nSPS) is 16.3. The largest absolute Gasteiger partial charge is 0.477 e. The van der Waals surface area contributed by atoms with Crippen molar-refractivity contribution in [1.82, 2.24) is 4.57 Å². The Hall–Kier alpha value is -1.78. The van der Waals surface area contributed by atoms with E-state index in [4.69, 9.17) is 5.73 Å². The number of nitrogen functional groups attached to an aromatic ring is 1. The van der Waals surface area contributed by atoms with Crippen LogP contribution in [0.25, 0.3) is 0 Å². The second-order valence-electron chi connectivity index (χ2n) is 4.55. The van der Waals surface area contributed by atoms with Gasteiger partial charge in [-0.15, -0.1) is 0 Å². The molecular formula is C12H16N2O3. The van der Waals surface area contributed by atoms with E-state index in [-0.39, 0.29) is 17.3 Å². The summed E-state index contributed by atoms with van der Waals surface area (Å²) in [5, 5.41) is 9.22. The maximum Gasteiger partial charge on any atom is 0.352 e. The lowest BCUT2D eigenvalue weighted by Crippen LogP contribution is -2.27. The van der Waals surface area contributed by atoms with Gasteiger partial charge in [-0.3, -0.25) is 4.79 Å². The van der Waals surface area contributed by atoms with Crippen molar-refractivity contribution >= 4 is 11.7 Å². The highest BCUT2D eigenvalue weighted by Gasteiger charge is 2.25. The zero-order chi connectivity index (χ0) is 12.6. The standard InChI is InChI=1S/C12H16N2O3/c1-14-10(12(16)17)8(6-9(13)11(14)15)7-4-2-3-5-7/h6-7H,2-5,13H2,1H3,(H,16,17). The number of hydrogen-bond acceptors (Lipinski definition) is 3. The minimum atomic E-state index is -1.06. The van der Waals surface area contributed by atoms with E-state index in [1.54, 1.807) is 6.07 Å². The summed E-state index contributed by atoms with van der Waals surface area (Å²) in [6, 6.07) is 1.54. The van der Waals surface area contributed by atoms with Crippen LogP contribution in [-0.2, 0) is 7.05 Å². The van der Waals surface area contributed by atoms with Crippen molar-refractivity contribution in [3.8, 4) is 0 Å². The quantitative estimate of drug-likeness (QED) is 0.811. The van der Waals surface area contributed by atoms with Gasteiger partial charge in [-0.05, 0) is 30.4 Å². The van der Waals surface area contributed by atoms with E-state index in [0.717, 1.165) is 30.3 Å². The van der Waals surface area contributed by atoms with Gasteiger partial charge >= 0.3 is 5.97 Å². The Balaban J connectivity index is 2.64. The summed E-state index contributed by atoms with van der Waals surface area (Å²) in [6.07, 6.45) is 4.15. The molecule has 1 aromatic heterocycles. The molecule has 92 valence electrons. The van der Waals surface area contributed by atoms with Gasteiger partial charge in [-0.2, -0.15) is 0 Å². The first-order valence-electron chi connectivity index (χ1n) is 5.75. The second kappa shape index (κ2) is 4.24. The van der Waals surface area contributed by atoms with E-state index in [9.17, 15) is 14.7 Å². The maximum atomic E-state index is 11.6. The van der Waals surface area contributed by atoms with Gasteiger partial charge in [-0.25, -0.2) is 4.79 Å². The van der Waals surface area contributed by atoms with Gasteiger partial charge in [0.05, 0.1) is 5.69 Å². The first-order valence-corrected chi connectivity index (χ1v) is 5.75. The third-order valence-electron chi connectivity index (χ3n) is 3.47. The molecule has 0 aromatic carbocycles. The molecule has 2 rings (SSSR count). The predicted octanol–water partition coefficient (Wildman–Crippen LogP) is 1.32. The molecule has 0 amide bonds. The highest BCUT2D eigenvalue weighted by molar-refractivity contribution is 5.88. The average molecular weight is 236 g/mol. The van der Waals surface area contributed by atoms with Crippen LogP contribution in [0.15, 0.2) is 10.9 Å². The molecule has 0 bridgehead atoms. The number of aromatic nitrogens is 1. The predicted molar refractivity (Wildman–Crippen MR) is 64.3 cm³/mol. The lowest BCUT2D eigenvalue weighted by Gasteiger charge is -2.16. The zero-order valence-electron chi connectivity index (χ0n) is 9.77. The summed E-state index contributed by atoms with van der Waals surface area (Å²) in [7, 11) is 1.46. The number of nitrogens with two attached hydrogens (primary N) is 1. The summed E-state index contributed by atoms with van der Waals surface area (Å²) in [5.74, 6) is -0.846. The molecule has 3 N–H and O–H groups in total. The summed E-state index contributed by atoms with van der Waals surface area (Å²) in [4.78, 5) is 22.9. The van der Waals surface area contributed by atoms with Crippen molar-refractivity contribution < 1.29 is 9.90 Å². The molecular weight excluding hydrogens is 220 g/mol. The summed E-state index contributed by atoms with van der Waals surface area (Å²) in [6.45, 7) is 0. The van der Waals surface area contributed by atoms with Crippen molar-refractivity contribution in [1.29, 1.82) is 0 Å². The fourth-order valence-corrected chi connectivity index (χ4v) is 2.60. The number of carboxylic acid groups (broad SMARTS) is 1. The second-order valence-corrected chi connectivity index (χ2v) is 4.55. The molecule has 1 fully saturated rings. The highest BCUT2D eigenvalue weighted by Crippen LogP contribution is 2.35. The molecule has 5 nitrogen and oxygen atoms in total. The van der Waals surface area contributed by atoms with Gasteiger partial charge in [0, 0.05) is 7.05 Å². The van der Waals surface area contributed by atoms with E-state index in [0.29, 0.717) is 5.56 Å². The molecule has 1 aliphatic rings. The van der Waals surface area contributed by atoms with Gasteiger partial charge in [0.2, 0.25) is 0 Å². The van der Waals surface area contributed by atoms with E-state index in [1.807, 2.05) is 0 Å². The molecule has 0 spiro atoms. The maximum absolute atomic E-state index is 11.6. The lowest BCUT2D eigenvalue weighted by atomic mass is 9.95. The monoisotopic (exact) mass is 236 g/mol. The van der Waals surface area contributed by atoms with Crippen LogP contribution in [0.1, 0.15) is 47.7 Å². The van der Waals surface area contributed by atoms with Crippen LogP contribution in [0, 0.1) is 0 Å². The Labute approximate surface area is 98.9 Å². The number of carbonyl (C=O) groups is 1. The molecule has 1 aliphatic carbocycles. The van der Waals surface area contributed by atoms with Crippen LogP contribution in [0.4, 0.5) is 5.69 Å². The first kappa shape index (κ1) is 11.7. The molecule has 1 heterocycles.